The van der Waals surface area contributed by atoms with Crippen LogP contribution >= 0.6 is 0 Å². The van der Waals surface area contributed by atoms with Crippen LogP contribution in [-0.4, -0.2) is 54.5 Å². The molecule has 1 aliphatic heterocycles. The molecule has 26 heavy (non-hydrogen) atoms. The second-order valence-electron chi connectivity index (χ2n) is 6.24. The van der Waals surface area contributed by atoms with Gasteiger partial charge in [0.25, 0.3) is 5.91 Å². The highest BCUT2D eigenvalue weighted by Crippen LogP contribution is 2.20. The van der Waals surface area contributed by atoms with Crippen LogP contribution in [0.15, 0.2) is 48.5 Å². The van der Waals surface area contributed by atoms with Gasteiger partial charge in [-0.25, -0.2) is 0 Å². The van der Waals surface area contributed by atoms with Crippen molar-refractivity contribution in [2.75, 3.05) is 42.9 Å². The predicted octanol–water partition coefficient (Wildman–Crippen LogP) is 1.25. The number of hydrogen-bond donors (Lipinski definition) is 3. The van der Waals surface area contributed by atoms with Crippen molar-refractivity contribution in [2.45, 2.75) is 0 Å². The number of carbonyl (C=O) groups is 2. The maximum atomic E-state index is 12.3. The summed E-state index contributed by atoms with van der Waals surface area (Å²) in [6.45, 7) is 3.37. The van der Waals surface area contributed by atoms with Gasteiger partial charge in [0.05, 0.1) is 17.8 Å². The first-order valence-electron chi connectivity index (χ1n) is 8.48. The number of phenolic OH excluding ortho intramolecular Hbond substituents is 1. The fourth-order valence-corrected chi connectivity index (χ4v) is 3.03. The third-order valence-corrected chi connectivity index (χ3v) is 4.42. The van der Waals surface area contributed by atoms with Gasteiger partial charge in [-0.2, -0.15) is 0 Å². The van der Waals surface area contributed by atoms with Crippen LogP contribution < -0.4 is 16.0 Å². The van der Waals surface area contributed by atoms with E-state index in [1.54, 1.807) is 36.4 Å². The smallest absolute Gasteiger partial charge is 0.250 e. The zero-order chi connectivity index (χ0) is 18.5. The van der Waals surface area contributed by atoms with Crippen LogP contribution in [0.4, 0.5) is 11.4 Å². The summed E-state index contributed by atoms with van der Waals surface area (Å²) in [5, 5.41) is 12.1. The number of carbonyl (C=O) groups excluding carboxylic acids is 2. The summed E-state index contributed by atoms with van der Waals surface area (Å²) < 4.78 is 0. The highest BCUT2D eigenvalue weighted by molar-refractivity contribution is 6.03. The molecule has 0 bridgehead atoms. The summed E-state index contributed by atoms with van der Waals surface area (Å²) in [6, 6.07) is 13.8. The quantitative estimate of drug-likeness (QED) is 0.751. The fraction of sp³-hybridized carbons (Fsp3) is 0.263. The minimum absolute atomic E-state index is 0.170. The Balaban J connectivity index is 1.52. The second-order valence-corrected chi connectivity index (χ2v) is 6.24. The molecular formula is C19H22N4O3. The minimum atomic E-state index is -0.566. The number of primary amides is 1. The molecule has 4 N–H and O–H groups in total. The van der Waals surface area contributed by atoms with Gasteiger partial charge in [-0.15, -0.1) is 0 Å². The molecule has 0 saturated carbocycles. The Labute approximate surface area is 152 Å². The molecule has 1 fully saturated rings. The zero-order valence-corrected chi connectivity index (χ0v) is 14.4. The SMILES string of the molecule is NC(=O)c1ccccc1NC(=O)CN1CCN(c2ccc(O)cc2)CC1. The Morgan fingerprint density at radius 3 is 2.31 bits per heavy atom. The van der Waals surface area contributed by atoms with Gasteiger partial charge in [-0.1, -0.05) is 12.1 Å². The van der Waals surface area contributed by atoms with E-state index in [4.69, 9.17) is 5.73 Å². The van der Waals surface area contributed by atoms with Crippen molar-refractivity contribution in [3.05, 3.63) is 54.1 Å². The lowest BCUT2D eigenvalue weighted by atomic mass is 10.1. The number of para-hydroxylation sites is 1. The van der Waals surface area contributed by atoms with Crippen LogP contribution in [0.2, 0.25) is 0 Å². The van der Waals surface area contributed by atoms with Gasteiger partial charge in [0, 0.05) is 31.9 Å². The number of hydrogen-bond acceptors (Lipinski definition) is 5. The lowest BCUT2D eigenvalue weighted by Gasteiger charge is -2.35. The van der Waals surface area contributed by atoms with Gasteiger partial charge < -0.3 is 21.1 Å². The maximum absolute atomic E-state index is 12.3. The van der Waals surface area contributed by atoms with Crippen molar-refractivity contribution in [1.29, 1.82) is 0 Å². The number of nitrogens with two attached hydrogens (primary N) is 1. The molecule has 0 radical (unpaired) electrons. The third kappa shape index (κ3) is 4.31. The summed E-state index contributed by atoms with van der Waals surface area (Å²) >= 11 is 0. The second kappa shape index (κ2) is 7.88. The number of amides is 2. The van der Waals surface area contributed by atoms with E-state index >= 15 is 0 Å². The van der Waals surface area contributed by atoms with Crippen LogP contribution in [-0.2, 0) is 4.79 Å². The molecule has 7 nitrogen and oxygen atoms in total. The van der Waals surface area contributed by atoms with E-state index in [9.17, 15) is 14.7 Å². The molecule has 136 valence electrons. The van der Waals surface area contributed by atoms with Crippen molar-refractivity contribution >= 4 is 23.2 Å². The fourth-order valence-electron chi connectivity index (χ4n) is 3.03. The number of nitrogens with zero attached hydrogens (tertiary/aromatic N) is 2. The average Bonchev–Trinajstić information content (AvgIpc) is 2.63. The molecule has 2 amide bonds. The normalized spacial score (nSPS) is 14.8. The molecule has 3 rings (SSSR count). The number of phenols is 1. The largest absolute Gasteiger partial charge is 0.508 e. The third-order valence-electron chi connectivity index (χ3n) is 4.42. The maximum Gasteiger partial charge on any atom is 0.250 e. The van der Waals surface area contributed by atoms with Crippen molar-refractivity contribution in [2.24, 2.45) is 5.73 Å². The van der Waals surface area contributed by atoms with Crippen molar-refractivity contribution in [3.63, 3.8) is 0 Å². The van der Waals surface area contributed by atoms with Gasteiger partial charge in [-0.05, 0) is 36.4 Å². The summed E-state index contributed by atoms with van der Waals surface area (Å²) in [4.78, 5) is 28.0. The molecule has 0 unspecified atom stereocenters. The molecule has 2 aromatic carbocycles. The van der Waals surface area contributed by atoms with Crippen molar-refractivity contribution in [3.8, 4) is 5.75 Å². The van der Waals surface area contributed by atoms with E-state index in [-0.39, 0.29) is 18.2 Å². The topological polar surface area (TPSA) is 98.9 Å². The standard InChI is InChI=1S/C19H22N4O3/c20-19(26)16-3-1-2-4-17(16)21-18(25)13-22-9-11-23(12-10-22)14-5-7-15(24)8-6-14/h1-8,24H,9-13H2,(H2,20,26)(H,21,25). The van der Waals surface area contributed by atoms with E-state index in [1.807, 2.05) is 12.1 Å². The summed E-state index contributed by atoms with van der Waals surface area (Å²) in [6.07, 6.45) is 0. The minimum Gasteiger partial charge on any atom is -0.508 e. The molecule has 0 aliphatic carbocycles. The number of aromatic hydroxyl groups is 1. The molecular weight excluding hydrogens is 332 g/mol. The Morgan fingerprint density at radius 2 is 1.65 bits per heavy atom. The first kappa shape index (κ1) is 17.8. The molecule has 2 aromatic rings. The zero-order valence-electron chi connectivity index (χ0n) is 14.4. The molecule has 1 aliphatic rings. The van der Waals surface area contributed by atoms with Crippen molar-refractivity contribution in [1.82, 2.24) is 4.90 Å². The Morgan fingerprint density at radius 1 is 1.00 bits per heavy atom. The molecule has 0 atom stereocenters. The number of anilines is 2. The van der Waals surface area contributed by atoms with Gasteiger partial charge in [-0.3, -0.25) is 14.5 Å². The van der Waals surface area contributed by atoms with Crippen LogP contribution in [0.1, 0.15) is 10.4 Å². The Hall–Kier alpha value is -3.06. The first-order valence-corrected chi connectivity index (χ1v) is 8.48. The lowest BCUT2D eigenvalue weighted by Crippen LogP contribution is -2.48. The summed E-state index contributed by atoms with van der Waals surface area (Å²) in [5.41, 5.74) is 7.13. The van der Waals surface area contributed by atoms with E-state index in [2.05, 4.69) is 15.1 Å². The molecule has 1 saturated heterocycles. The first-order chi connectivity index (χ1) is 12.5. The Bertz CT molecular complexity index is 784. The number of nitrogens with one attached hydrogen (secondary N) is 1. The van der Waals surface area contributed by atoms with E-state index < -0.39 is 5.91 Å². The van der Waals surface area contributed by atoms with E-state index in [0.717, 1.165) is 31.9 Å². The molecule has 0 aromatic heterocycles. The van der Waals surface area contributed by atoms with Crippen LogP contribution in [0.3, 0.4) is 0 Å². The lowest BCUT2D eigenvalue weighted by molar-refractivity contribution is -0.117. The number of piperazine rings is 1. The van der Waals surface area contributed by atoms with Gasteiger partial charge in [0.15, 0.2) is 0 Å². The van der Waals surface area contributed by atoms with E-state index in [0.29, 0.717) is 11.3 Å². The monoisotopic (exact) mass is 354 g/mol. The number of benzene rings is 2. The Kier molecular flexibility index (Phi) is 5.38. The van der Waals surface area contributed by atoms with Gasteiger partial charge in [0.2, 0.25) is 5.91 Å². The highest BCUT2D eigenvalue weighted by atomic mass is 16.3. The molecule has 7 heteroatoms. The van der Waals surface area contributed by atoms with Crippen molar-refractivity contribution < 1.29 is 14.7 Å². The van der Waals surface area contributed by atoms with Gasteiger partial charge in [0.1, 0.15) is 5.75 Å². The molecule has 0 spiro atoms. The van der Waals surface area contributed by atoms with E-state index in [1.165, 1.54) is 0 Å². The summed E-state index contributed by atoms with van der Waals surface area (Å²) in [5.74, 6) is -0.486. The van der Waals surface area contributed by atoms with Crippen LogP contribution in [0.5, 0.6) is 5.75 Å². The summed E-state index contributed by atoms with van der Waals surface area (Å²) in [7, 11) is 0. The van der Waals surface area contributed by atoms with Gasteiger partial charge >= 0.3 is 0 Å². The number of rotatable bonds is 5. The average molecular weight is 354 g/mol. The highest BCUT2D eigenvalue weighted by Gasteiger charge is 2.20. The predicted molar refractivity (Wildman–Crippen MR) is 100 cm³/mol. The van der Waals surface area contributed by atoms with Crippen LogP contribution in [0.25, 0.3) is 0 Å². The molecule has 1 heterocycles. The van der Waals surface area contributed by atoms with Crippen LogP contribution in [0, 0.1) is 0 Å².